The maximum atomic E-state index is 14.1. The van der Waals surface area contributed by atoms with Gasteiger partial charge >= 0.3 is 0 Å². The number of hydrogen-bond donors (Lipinski definition) is 1. The summed E-state index contributed by atoms with van der Waals surface area (Å²) in [6.07, 6.45) is 0. The highest BCUT2D eigenvalue weighted by Crippen LogP contribution is 2.37. The van der Waals surface area contributed by atoms with E-state index in [-0.39, 0.29) is 17.8 Å². The fraction of sp³-hybridized carbons (Fsp3) is 0.0909. The Bertz CT molecular complexity index is 1180. The summed E-state index contributed by atoms with van der Waals surface area (Å²) in [5, 5.41) is 13.6. The summed E-state index contributed by atoms with van der Waals surface area (Å²) in [7, 11) is 0. The molecule has 4 rings (SSSR count). The van der Waals surface area contributed by atoms with Crippen molar-refractivity contribution in [3.63, 3.8) is 0 Å². The second-order valence-electron chi connectivity index (χ2n) is 6.97. The Labute approximate surface area is 175 Å². The Morgan fingerprint density at radius 2 is 1.65 bits per heavy atom. The second kappa shape index (κ2) is 7.94. The number of nitrogens with one attached hydrogen (secondary N) is 1. The number of nitrogens with zero attached hydrogens (tertiary/aromatic N) is 2. The highest BCUT2D eigenvalue weighted by Gasteiger charge is 2.34. The fourth-order valence-corrected chi connectivity index (χ4v) is 3.56. The zero-order chi connectivity index (χ0) is 22.1. The van der Waals surface area contributed by atoms with Crippen LogP contribution in [0.4, 0.5) is 20.2 Å². The van der Waals surface area contributed by atoms with Crippen LogP contribution in [0.25, 0.3) is 0 Å². The van der Waals surface area contributed by atoms with Crippen LogP contribution in [0.3, 0.4) is 0 Å². The Morgan fingerprint density at radius 1 is 1.00 bits per heavy atom. The van der Waals surface area contributed by atoms with E-state index in [1.54, 1.807) is 0 Å². The lowest BCUT2D eigenvalue weighted by atomic mass is 9.95. The van der Waals surface area contributed by atoms with Crippen LogP contribution >= 0.6 is 0 Å². The summed E-state index contributed by atoms with van der Waals surface area (Å²) in [6, 6.07) is 13.2. The number of halogens is 2. The standard InChI is InChI=1S/C22H15F2N3O4/c23-15-5-1-13(2-6-15)21-18-11-16(24)7-10-19(18)25-20(28)12-26(21)22(29)14-3-8-17(9-4-14)27(30)31/h1-11,21H,12H2,(H,25,28). The van der Waals surface area contributed by atoms with Gasteiger partial charge in [0, 0.05) is 28.9 Å². The molecule has 2 amide bonds. The van der Waals surface area contributed by atoms with Crippen molar-refractivity contribution < 1.29 is 23.3 Å². The minimum atomic E-state index is -0.895. The molecule has 31 heavy (non-hydrogen) atoms. The first-order valence-electron chi connectivity index (χ1n) is 9.23. The predicted octanol–water partition coefficient (Wildman–Crippen LogP) is 4.06. The molecule has 9 heteroatoms. The molecule has 1 aliphatic rings. The van der Waals surface area contributed by atoms with Gasteiger partial charge in [0.25, 0.3) is 11.6 Å². The number of rotatable bonds is 3. The molecule has 1 heterocycles. The summed E-state index contributed by atoms with van der Waals surface area (Å²) in [5.74, 6) is -2.13. The van der Waals surface area contributed by atoms with Gasteiger partial charge in [-0.05, 0) is 48.0 Å². The monoisotopic (exact) mass is 423 g/mol. The third-order valence-corrected chi connectivity index (χ3v) is 4.98. The molecule has 7 nitrogen and oxygen atoms in total. The topological polar surface area (TPSA) is 92.5 Å². The number of nitro groups is 1. The van der Waals surface area contributed by atoms with Crippen LogP contribution in [-0.2, 0) is 4.79 Å². The van der Waals surface area contributed by atoms with Crippen molar-refractivity contribution in [3.8, 4) is 0 Å². The highest BCUT2D eigenvalue weighted by atomic mass is 19.1. The van der Waals surface area contributed by atoms with Crippen LogP contribution in [0.1, 0.15) is 27.5 Å². The number of amides is 2. The molecule has 3 aromatic rings. The van der Waals surface area contributed by atoms with E-state index >= 15 is 0 Å². The van der Waals surface area contributed by atoms with E-state index in [1.165, 1.54) is 71.6 Å². The lowest BCUT2D eigenvalue weighted by Gasteiger charge is -2.30. The number of anilines is 1. The maximum absolute atomic E-state index is 14.1. The molecule has 0 bridgehead atoms. The normalized spacial score (nSPS) is 15.6. The third-order valence-electron chi connectivity index (χ3n) is 4.98. The maximum Gasteiger partial charge on any atom is 0.269 e. The van der Waals surface area contributed by atoms with Crippen LogP contribution in [0.5, 0.6) is 0 Å². The number of fused-ring (bicyclic) bond motifs is 1. The summed E-state index contributed by atoms with van der Waals surface area (Å²) >= 11 is 0. The van der Waals surface area contributed by atoms with Crippen molar-refractivity contribution in [3.05, 3.63) is 105 Å². The molecule has 0 aromatic heterocycles. The van der Waals surface area contributed by atoms with E-state index in [0.717, 1.165) is 0 Å². The molecule has 0 aliphatic carbocycles. The Morgan fingerprint density at radius 3 is 2.29 bits per heavy atom. The zero-order valence-electron chi connectivity index (χ0n) is 15.9. The number of benzene rings is 3. The molecular weight excluding hydrogens is 408 g/mol. The number of hydrogen-bond acceptors (Lipinski definition) is 4. The molecule has 0 spiro atoms. The van der Waals surface area contributed by atoms with E-state index in [4.69, 9.17) is 0 Å². The van der Waals surface area contributed by atoms with Crippen LogP contribution in [0, 0.1) is 21.7 Å². The van der Waals surface area contributed by atoms with Gasteiger partial charge in [-0.2, -0.15) is 0 Å². The molecular formula is C22H15F2N3O4. The lowest BCUT2D eigenvalue weighted by Crippen LogP contribution is -2.39. The van der Waals surface area contributed by atoms with Gasteiger partial charge in [0.15, 0.2) is 0 Å². The third kappa shape index (κ3) is 3.97. The Hall–Kier alpha value is -4.14. The molecule has 0 saturated heterocycles. The van der Waals surface area contributed by atoms with Gasteiger partial charge in [0.05, 0.1) is 11.0 Å². The molecule has 0 radical (unpaired) electrons. The number of carbonyl (C=O) groups is 2. The van der Waals surface area contributed by atoms with E-state index in [0.29, 0.717) is 16.8 Å². The molecule has 1 unspecified atom stereocenters. The number of non-ortho nitro benzene ring substituents is 1. The quantitative estimate of drug-likeness (QED) is 0.508. The van der Waals surface area contributed by atoms with E-state index in [2.05, 4.69) is 5.32 Å². The minimum absolute atomic E-state index is 0.116. The number of nitro benzene ring substituents is 1. The van der Waals surface area contributed by atoms with Gasteiger partial charge in [0.2, 0.25) is 5.91 Å². The van der Waals surface area contributed by atoms with Crippen LogP contribution < -0.4 is 5.32 Å². The van der Waals surface area contributed by atoms with E-state index in [1.807, 2.05) is 0 Å². The number of carbonyl (C=O) groups excluding carboxylic acids is 2. The van der Waals surface area contributed by atoms with Crippen LogP contribution in [-0.4, -0.2) is 28.2 Å². The first-order valence-corrected chi connectivity index (χ1v) is 9.23. The van der Waals surface area contributed by atoms with Crippen molar-refractivity contribution in [2.24, 2.45) is 0 Å². The van der Waals surface area contributed by atoms with Crippen molar-refractivity contribution in [2.45, 2.75) is 6.04 Å². The second-order valence-corrected chi connectivity index (χ2v) is 6.97. The highest BCUT2D eigenvalue weighted by molar-refractivity contribution is 6.01. The minimum Gasteiger partial charge on any atom is -0.324 e. The van der Waals surface area contributed by atoms with Gasteiger partial charge in [-0.25, -0.2) is 8.78 Å². The van der Waals surface area contributed by atoms with Crippen molar-refractivity contribution in [1.29, 1.82) is 0 Å². The lowest BCUT2D eigenvalue weighted by molar-refractivity contribution is -0.384. The first-order chi connectivity index (χ1) is 14.8. The van der Waals surface area contributed by atoms with Crippen LogP contribution in [0.15, 0.2) is 66.7 Å². The summed E-state index contributed by atoms with van der Waals surface area (Å²) < 4.78 is 27.6. The molecule has 156 valence electrons. The Kier molecular flexibility index (Phi) is 5.16. The van der Waals surface area contributed by atoms with Gasteiger partial charge in [-0.15, -0.1) is 0 Å². The van der Waals surface area contributed by atoms with Gasteiger partial charge in [-0.1, -0.05) is 12.1 Å². The molecule has 0 saturated carbocycles. The average Bonchev–Trinajstić information content (AvgIpc) is 2.89. The molecule has 0 fully saturated rings. The SMILES string of the molecule is O=C1CN(C(=O)c2ccc([N+](=O)[O-])cc2)C(c2ccc(F)cc2)c2cc(F)ccc2N1. The summed E-state index contributed by atoms with van der Waals surface area (Å²) in [4.78, 5) is 37.4. The molecule has 3 aromatic carbocycles. The van der Waals surface area contributed by atoms with Crippen LogP contribution in [0.2, 0.25) is 0 Å². The van der Waals surface area contributed by atoms with E-state index in [9.17, 15) is 28.5 Å². The van der Waals surface area contributed by atoms with Gasteiger partial charge in [0.1, 0.15) is 18.2 Å². The van der Waals surface area contributed by atoms with E-state index < -0.39 is 34.4 Å². The molecule has 1 N–H and O–H groups in total. The van der Waals surface area contributed by atoms with Crippen molar-refractivity contribution >= 4 is 23.2 Å². The predicted molar refractivity (Wildman–Crippen MR) is 107 cm³/mol. The van der Waals surface area contributed by atoms with Crippen molar-refractivity contribution in [1.82, 2.24) is 4.90 Å². The zero-order valence-corrected chi connectivity index (χ0v) is 15.9. The van der Waals surface area contributed by atoms with Gasteiger partial charge < -0.3 is 10.2 Å². The Balaban J connectivity index is 1.85. The summed E-state index contributed by atoms with van der Waals surface area (Å²) in [6.45, 7) is -0.353. The molecule has 1 atom stereocenters. The smallest absolute Gasteiger partial charge is 0.269 e. The fourth-order valence-electron chi connectivity index (χ4n) is 3.56. The molecule has 1 aliphatic heterocycles. The van der Waals surface area contributed by atoms with Crippen molar-refractivity contribution in [2.75, 3.05) is 11.9 Å². The first kappa shape index (κ1) is 20.1. The average molecular weight is 423 g/mol. The largest absolute Gasteiger partial charge is 0.324 e. The van der Waals surface area contributed by atoms with Gasteiger partial charge in [-0.3, -0.25) is 19.7 Å². The summed E-state index contributed by atoms with van der Waals surface area (Å²) in [5.41, 5.74) is 1.06.